The van der Waals surface area contributed by atoms with Crippen molar-refractivity contribution in [1.29, 1.82) is 0 Å². The van der Waals surface area contributed by atoms with Gasteiger partial charge in [0.1, 0.15) is 11.7 Å². The van der Waals surface area contributed by atoms with E-state index >= 15 is 0 Å². The molecular weight excluding hydrogens is 494 g/mol. The Morgan fingerprint density at radius 3 is 2.64 bits per heavy atom. The van der Waals surface area contributed by atoms with E-state index < -0.39 is 17.7 Å². The van der Waals surface area contributed by atoms with Crippen LogP contribution in [0.1, 0.15) is 29.7 Å². The molecule has 1 aromatic heterocycles. The molecule has 0 saturated heterocycles. The van der Waals surface area contributed by atoms with Crippen LogP contribution in [0.3, 0.4) is 0 Å². The van der Waals surface area contributed by atoms with Crippen molar-refractivity contribution in [1.82, 2.24) is 4.57 Å². The second kappa shape index (κ2) is 8.47. The van der Waals surface area contributed by atoms with Crippen molar-refractivity contribution in [2.24, 2.45) is 10.9 Å². The zero-order valence-corrected chi connectivity index (χ0v) is 21.1. The van der Waals surface area contributed by atoms with Gasteiger partial charge in [-0.3, -0.25) is 14.2 Å². The van der Waals surface area contributed by atoms with Crippen molar-refractivity contribution >= 4 is 40.6 Å². The molecule has 1 N–H and O–H groups in total. The number of aromatic nitrogens is 1. The van der Waals surface area contributed by atoms with E-state index in [1.165, 1.54) is 11.3 Å². The van der Waals surface area contributed by atoms with Gasteiger partial charge >= 0.3 is 0 Å². The fourth-order valence-corrected chi connectivity index (χ4v) is 6.28. The first-order valence-electron chi connectivity index (χ1n) is 11.6. The quantitative estimate of drug-likeness (QED) is 0.442. The van der Waals surface area contributed by atoms with Crippen molar-refractivity contribution in [2.45, 2.75) is 25.6 Å². The van der Waals surface area contributed by atoms with Gasteiger partial charge < -0.3 is 10.1 Å². The third-order valence-corrected chi connectivity index (χ3v) is 8.08. The smallest absolute Gasteiger partial charge is 0.270 e. The van der Waals surface area contributed by atoms with Crippen LogP contribution in [0, 0.1) is 12.8 Å². The molecule has 6 rings (SSSR count). The maximum Gasteiger partial charge on any atom is 0.270 e. The van der Waals surface area contributed by atoms with E-state index in [4.69, 9.17) is 21.3 Å². The molecule has 0 spiro atoms. The summed E-state index contributed by atoms with van der Waals surface area (Å²) in [5, 5.41) is 3.61. The molecule has 0 aliphatic carbocycles. The Kier molecular flexibility index (Phi) is 5.35. The Hall–Kier alpha value is -3.68. The van der Waals surface area contributed by atoms with Gasteiger partial charge in [-0.15, -0.1) is 0 Å². The molecule has 2 aliphatic rings. The van der Waals surface area contributed by atoms with Gasteiger partial charge in [0.2, 0.25) is 11.6 Å². The monoisotopic (exact) mass is 515 g/mol. The van der Waals surface area contributed by atoms with Crippen LogP contribution >= 0.6 is 22.9 Å². The summed E-state index contributed by atoms with van der Waals surface area (Å²) in [5.41, 5.74) is 1.78. The van der Waals surface area contributed by atoms with Gasteiger partial charge in [0.05, 0.1) is 10.6 Å². The lowest BCUT2D eigenvalue weighted by Crippen LogP contribution is -2.59. The van der Waals surface area contributed by atoms with Gasteiger partial charge in [-0.25, -0.2) is 4.99 Å². The Balaban J connectivity index is 1.55. The minimum atomic E-state index is -1.19. The first-order valence-corrected chi connectivity index (χ1v) is 12.8. The number of anilines is 1. The lowest BCUT2D eigenvalue weighted by atomic mass is 9.80. The normalized spacial score (nSPS) is 22.1. The molecule has 1 amide bonds. The number of carbonyl (C=O) groups excluding carboxylic acids is 1. The van der Waals surface area contributed by atoms with E-state index in [-0.39, 0.29) is 11.5 Å². The molecule has 36 heavy (non-hydrogen) atoms. The molecular formula is C28H22ClN3O3S. The highest BCUT2D eigenvalue weighted by Gasteiger charge is 2.55. The van der Waals surface area contributed by atoms with Gasteiger partial charge in [-0.2, -0.15) is 0 Å². The number of carbonyl (C=O) groups is 1. The molecule has 2 bridgehead atoms. The zero-order chi connectivity index (χ0) is 25.0. The van der Waals surface area contributed by atoms with E-state index in [0.29, 0.717) is 25.8 Å². The van der Waals surface area contributed by atoms with E-state index in [2.05, 4.69) is 5.32 Å². The summed E-state index contributed by atoms with van der Waals surface area (Å²) in [6, 6.07) is 21.9. The van der Waals surface area contributed by atoms with E-state index in [1.807, 2.05) is 80.6 Å². The average Bonchev–Trinajstić information content (AvgIpc) is 3.14. The Labute approximate surface area is 216 Å². The highest BCUT2D eigenvalue weighted by molar-refractivity contribution is 7.07. The molecule has 0 radical (unpaired) electrons. The molecule has 2 aliphatic heterocycles. The van der Waals surface area contributed by atoms with E-state index in [1.54, 1.807) is 16.7 Å². The molecule has 3 atom stereocenters. The number of hydrogen-bond donors (Lipinski definition) is 1. The number of para-hydroxylation sites is 2. The molecule has 0 unspecified atom stereocenters. The number of fused-ring (bicyclic) bond motifs is 6. The summed E-state index contributed by atoms with van der Waals surface area (Å²) in [6.07, 6.45) is 1.78. The summed E-state index contributed by atoms with van der Waals surface area (Å²) in [7, 11) is 0. The highest BCUT2D eigenvalue weighted by Crippen LogP contribution is 2.47. The van der Waals surface area contributed by atoms with Crippen LogP contribution in [0.15, 0.2) is 82.6 Å². The first-order chi connectivity index (χ1) is 17.4. The summed E-state index contributed by atoms with van der Waals surface area (Å²) < 4.78 is 8.50. The van der Waals surface area contributed by atoms with Gasteiger partial charge in [0, 0.05) is 16.3 Å². The van der Waals surface area contributed by atoms with E-state index in [9.17, 15) is 9.59 Å². The van der Waals surface area contributed by atoms with E-state index in [0.717, 1.165) is 16.7 Å². The number of rotatable bonds is 3. The first kappa shape index (κ1) is 22.8. The lowest BCUT2D eigenvalue weighted by Gasteiger charge is -2.45. The summed E-state index contributed by atoms with van der Waals surface area (Å²) in [6.45, 7) is 3.75. The van der Waals surface area contributed by atoms with Crippen molar-refractivity contribution < 1.29 is 9.53 Å². The number of hydrogen-bond acceptors (Lipinski definition) is 5. The molecule has 3 heterocycles. The van der Waals surface area contributed by atoms with Gasteiger partial charge in [0.25, 0.3) is 5.56 Å². The Morgan fingerprint density at radius 1 is 1.11 bits per heavy atom. The van der Waals surface area contributed by atoms with Crippen molar-refractivity contribution in [3.8, 4) is 5.75 Å². The Morgan fingerprint density at radius 2 is 1.83 bits per heavy atom. The molecule has 3 aromatic carbocycles. The van der Waals surface area contributed by atoms with Crippen molar-refractivity contribution in [3.63, 3.8) is 0 Å². The molecule has 8 heteroatoms. The molecule has 4 aromatic rings. The van der Waals surface area contributed by atoms with Crippen LogP contribution < -0.4 is 24.9 Å². The second-order valence-corrected chi connectivity index (χ2v) is 10.5. The van der Waals surface area contributed by atoms with Crippen LogP contribution in [0.5, 0.6) is 5.75 Å². The number of amides is 1. The number of halogens is 1. The van der Waals surface area contributed by atoms with Gasteiger partial charge in [0.15, 0.2) is 4.80 Å². The number of aryl methyl sites for hydroxylation is 1. The summed E-state index contributed by atoms with van der Waals surface area (Å²) in [4.78, 5) is 33.0. The second-order valence-electron chi connectivity index (χ2n) is 9.12. The largest absolute Gasteiger partial charge is 0.465 e. The van der Waals surface area contributed by atoms with Crippen LogP contribution in [0.4, 0.5) is 5.69 Å². The summed E-state index contributed by atoms with van der Waals surface area (Å²) in [5.74, 6) is -0.399. The fraction of sp³-hybridized carbons (Fsp3) is 0.179. The summed E-state index contributed by atoms with van der Waals surface area (Å²) >= 11 is 7.63. The van der Waals surface area contributed by atoms with Crippen molar-refractivity contribution in [3.05, 3.63) is 114 Å². The average molecular weight is 516 g/mol. The molecule has 6 nitrogen and oxygen atoms in total. The predicted octanol–water partition coefficient (Wildman–Crippen LogP) is 4.29. The molecule has 0 fully saturated rings. The highest BCUT2D eigenvalue weighted by atomic mass is 35.5. The number of benzene rings is 3. The number of nitrogens with zero attached hydrogens (tertiary/aromatic N) is 2. The minimum absolute atomic E-state index is 0.212. The van der Waals surface area contributed by atoms with Crippen molar-refractivity contribution in [2.75, 3.05) is 5.32 Å². The standard InChI is InChI=1S/C28H22ClN3O3S/c1-16-9-3-7-13-20(16)30-25(33)23-24-18-11-5-8-14-21(18)35-28(23,2)31-27-32(24)26(34)22(36-27)15-17-10-4-6-12-19(17)29/h3-15,23-24H,1-2H3,(H,30,33)/b22-15+/t23-,24+,28-/m0/s1. The number of ether oxygens (including phenoxy) is 1. The SMILES string of the molecule is Cc1ccccc1NC(=O)[C@@H]1[C@H]2c3ccccc3O[C@]1(C)N=c1s/c(=C/c3ccccc3Cl)c(=O)n12. The topological polar surface area (TPSA) is 72.7 Å². The van der Waals surface area contributed by atoms with Crippen LogP contribution in [0.25, 0.3) is 6.08 Å². The third kappa shape index (κ3) is 3.58. The molecule has 0 saturated carbocycles. The maximum atomic E-state index is 13.8. The van der Waals surface area contributed by atoms with Gasteiger partial charge in [-0.1, -0.05) is 77.5 Å². The number of nitrogens with one attached hydrogen (secondary N) is 1. The maximum absolute atomic E-state index is 13.8. The third-order valence-electron chi connectivity index (χ3n) is 6.76. The minimum Gasteiger partial charge on any atom is -0.465 e. The van der Waals surface area contributed by atoms with Gasteiger partial charge in [-0.05, 0) is 49.2 Å². The van der Waals surface area contributed by atoms with Crippen LogP contribution in [-0.4, -0.2) is 16.2 Å². The number of thiazole rings is 1. The Bertz CT molecular complexity index is 1710. The zero-order valence-electron chi connectivity index (χ0n) is 19.6. The molecule has 180 valence electrons. The fourth-order valence-electron chi connectivity index (χ4n) is 5.00. The predicted molar refractivity (Wildman–Crippen MR) is 141 cm³/mol. The van der Waals surface area contributed by atoms with Crippen LogP contribution in [-0.2, 0) is 4.79 Å². The lowest BCUT2D eigenvalue weighted by molar-refractivity contribution is -0.131. The van der Waals surface area contributed by atoms with Crippen LogP contribution in [0.2, 0.25) is 5.02 Å².